The summed E-state index contributed by atoms with van der Waals surface area (Å²) in [6.07, 6.45) is -5.99. The van der Waals surface area contributed by atoms with E-state index in [1.807, 2.05) is 0 Å². The van der Waals surface area contributed by atoms with Crippen LogP contribution in [-0.4, -0.2) is 37.3 Å². The molecule has 0 unspecified atom stereocenters. The van der Waals surface area contributed by atoms with Gasteiger partial charge in [0.05, 0.1) is 0 Å². The van der Waals surface area contributed by atoms with Crippen molar-refractivity contribution in [2.24, 2.45) is 0 Å². The Morgan fingerprint density at radius 2 is 1.62 bits per heavy atom. The summed E-state index contributed by atoms with van der Waals surface area (Å²) in [6.45, 7) is 1.84. The van der Waals surface area contributed by atoms with Crippen LogP contribution in [0, 0.1) is 17.5 Å². The van der Waals surface area contributed by atoms with Crippen molar-refractivity contribution in [3.05, 3.63) is 35.1 Å². The second-order valence-corrected chi connectivity index (χ2v) is 5.25. The smallest absolute Gasteiger partial charge is 0.314 e. The highest BCUT2D eigenvalue weighted by atomic mass is 35.5. The van der Waals surface area contributed by atoms with Crippen LogP contribution in [0.5, 0.6) is 0 Å². The van der Waals surface area contributed by atoms with Crippen molar-refractivity contribution >= 4 is 24.8 Å². The average molecular weight is 399 g/mol. The molecular formula is C14H18Cl2F6N2. The summed E-state index contributed by atoms with van der Waals surface area (Å²) >= 11 is 0. The van der Waals surface area contributed by atoms with Crippen molar-refractivity contribution < 1.29 is 26.3 Å². The zero-order chi connectivity index (χ0) is 16.3. The summed E-state index contributed by atoms with van der Waals surface area (Å²) in [4.78, 5) is 1.62. The maximum Gasteiger partial charge on any atom is 0.389 e. The van der Waals surface area contributed by atoms with Gasteiger partial charge in [-0.2, -0.15) is 13.2 Å². The lowest BCUT2D eigenvalue weighted by Gasteiger charge is -2.35. The van der Waals surface area contributed by atoms with E-state index in [0.717, 1.165) is 6.07 Å². The van der Waals surface area contributed by atoms with E-state index in [4.69, 9.17) is 0 Å². The first kappa shape index (κ1) is 23.3. The number of alkyl halides is 3. The lowest BCUT2D eigenvalue weighted by Crippen LogP contribution is -2.45. The van der Waals surface area contributed by atoms with Gasteiger partial charge in [-0.25, -0.2) is 13.2 Å². The molecule has 1 saturated heterocycles. The lowest BCUT2D eigenvalue weighted by molar-refractivity contribution is -0.138. The SMILES string of the molecule is Cl.Cl.Fc1cc(F)c(F)c([C@@H](CCC(F)(F)F)N2CCNCC2)c1. The normalized spacial score (nSPS) is 16.9. The first-order valence-electron chi connectivity index (χ1n) is 6.94. The largest absolute Gasteiger partial charge is 0.389 e. The molecule has 1 atom stereocenters. The minimum absolute atomic E-state index is 0. The molecule has 1 heterocycles. The van der Waals surface area contributed by atoms with Crippen LogP contribution in [0.4, 0.5) is 26.3 Å². The molecule has 0 bridgehead atoms. The fraction of sp³-hybridized carbons (Fsp3) is 0.571. The third kappa shape index (κ3) is 6.31. The number of nitrogens with one attached hydrogen (secondary N) is 1. The van der Waals surface area contributed by atoms with E-state index >= 15 is 0 Å². The van der Waals surface area contributed by atoms with E-state index in [2.05, 4.69) is 5.32 Å². The molecule has 0 saturated carbocycles. The highest BCUT2D eigenvalue weighted by Crippen LogP contribution is 2.33. The second kappa shape index (κ2) is 9.70. The molecule has 0 aliphatic carbocycles. The number of hydrogen-bond donors (Lipinski definition) is 1. The Morgan fingerprint density at radius 1 is 1.04 bits per heavy atom. The number of nitrogens with zero attached hydrogens (tertiary/aromatic N) is 1. The monoisotopic (exact) mass is 398 g/mol. The summed E-state index contributed by atoms with van der Waals surface area (Å²) in [6, 6.07) is 0.160. The quantitative estimate of drug-likeness (QED) is 0.602. The van der Waals surface area contributed by atoms with Gasteiger partial charge in [-0.3, -0.25) is 4.90 Å². The van der Waals surface area contributed by atoms with E-state index in [1.165, 1.54) is 0 Å². The third-order valence-electron chi connectivity index (χ3n) is 3.67. The van der Waals surface area contributed by atoms with Gasteiger partial charge in [-0.15, -0.1) is 24.8 Å². The van der Waals surface area contributed by atoms with Gasteiger partial charge >= 0.3 is 6.18 Å². The van der Waals surface area contributed by atoms with Crippen LogP contribution in [0.3, 0.4) is 0 Å². The Bertz CT molecular complexity index is 521. The van der Waals surface area contributed by atoms with Gasteiger partial charge in [0, 0.05) is 50.3 Å². The molecule has 1 aliphatic rings. The van der Waals surface area contributed by atoms with E-state index in [0.29, 0.717) is 32.2 Å². The third-order valence-corrected chi connectivity index (χ3v) is 3.67. The molecule has 1 N–H and O–H groups in total. The topological polar surface area (TPSA) is 15.3 Å². The van der Waals surface area contributed by atoms with Gasteiger partial charge in [0.25, 0.3) is 0 Å². The summed E-state index contributed by atoms with van der Waals surface area (Å²) < 4.78 is 78.1. The molecule has 0 spiro atoms. The fourth-order valence-corrected chi connectivity index (χ4v) is 2.65. The lowest BCUT2D eigenvalue weighted by atomic mass is 9.98. The van der Waals surface area contributed by atoms with Crippen molar-refractivity contribution in [2.75, 3.05) is 26.2 Å². The zero-order valence-electron chi connectivity index (χ0n) is 12.5. The van der Waals surface area contributed by atoms with Gasteiger partial charge in [-0.05, 0) is 12.5 Å². The summed E-state index contributed by atoms with van der Waals surface area (Å²) in [5, 5.41) is 3.02. The molecule has 1 aliphatic heterocycles. The van der Waals surface area contributed by atoms with Crippen molar-refractivity contribution in [3.8, 4) is 0 Å². The molecule has 1 aromatic rings. The fourth-order valence-electron chi connectivity index (χ4n) is 2.65. The maximum absolute atomic E-state index is 13.9. The van der Waals surface area contributed by atoms with Gasteiger partial charge < -0.3 is 5.32 Å². The van der Waals surface area contributed by atoms with Crippen LogP contribution in [0.2, 0.25) is 0 Å². The standard InChI is InChI=1S/C14H16F6N2.2ClH/c15-9-7-10(13(17)11(16)8-9)12(1-2-14(18,19)20)22-5-3-21-4-6-22;;/h7-8,12,21H,1-6H2;2*1H/t12-;;/m1../s1. The van der Waals surface area contributed by atoms with Crippen molar-refractivity contribution in [2.45, 2.75) is 25.1 Å². The van der Waals surface area contributed by atoms with Crippen LogP contribution in [-0.2, 0) is 0 Å². The van der Waals surface area contributed by atoms with Gasteiger partial charge in [0.2, 0.25) is 0 Å². The molecule has 0 aromatic heterocycles. The number of benzene rings is 1. The minimum atomic E-state index is -4.41. The first-order chi connectivity index (χ1) is 10.3. The predicted octanol–water partition coefficient (Wildman–Crippen LogP) is 4.24. The molecule has 24 heavy (non-hydrogen) atoms. The van der Waals surface area contributed by atoms with E-state index < -0.39 is 42.5 Å². The van der Waals surface area contributed by atoms with Gasteiger partial charge in [-0.1, -0.05) is 0 Å². The van der Waals surface area contributed by atoms with E-state index in [9.17, 15) is 26.3 Å². The first-order valence-corrected chi connectivity index (χ1v) is 6.94. The van der Waals surface area contributed by atoms with Gasteiger partial charge in [0.15, 0.2) is 11.6 Å². The molecule has 1 aromatic carbocycles. The number of piperazine rings is 1. The molecule has 2 nitrogen and oxygen atoms in total. The average Bonchev–Trinajstić information content (AvgIpc) is 2.44. The molecule has 10 heteroatoms. The van der Waals surface area contributed by atoms with Gasteiger partial charge in [0.1, 0.15) is 5.82 Å². The molecule has 1 fully saturated rings. The van der Waals surface area contributed by atoms with Crippen molar-refractivity contribution in [3.63, 3.8) is 0 Å². The Labute approximate surface area is 148 Å². The Kier molecular flexibility index (Phi) is 9.41. The van der Waals surface area contributed by atoms with Crippen LogP contribution >= 0.6 is 24.8 Å². The Morgan fingerprint density at radius 3 is 2.17 bits per heavy atom. The van der Waals surface area contributed by atoms with Crippen LogP contribution in [0.15, 0.2) is 12.1 Å². The molecule has 140 valence electrons. The zero-order valence-corrected chi connectivity index (χ0v) is 14.1. The van der Waals surface area contributed by atoms with Crippen molar-refractivity contribution in [1.29, 1.82) is 0 Å². The highest BCUT2D eigenvalue weighted by molar-refractivity contribution is 5.85. The number of halogens is 8. The van der Waals surface area contributed by atoms with Crippen molar-refractivity contribution in [1.82, 2.24) is 10.2 Å². The van der Waals surface area contributed by atoms with E-state index in [-0.39, 0.29) is 30.4 Å². The number of rotatable bonds is 4. The summed E-state index contributed by atoms with van der Waals surface area (Å²) in [7, 11) is 0. The summed E-state index contributed by atoms with van der Waals surface area (Å²) in [5.41, 5.74) is -0.358. The molecule has 0 amide bonds. The molecular weight excluding hydrogens is 381 g/mol. The molecule has 0 radical (unpaired) electrons. The van der Waals surface area contributed by atoms with Crippen LogP contribution < -0.4 is 5.32 Å². The summed E-state index contributed by atoms with van der Waals surface area (Å²) in [5.74, 6) is -3.67. The Hall–Kier alpha value is -0.700. The second-order valence-electron chi connectivity index (χ2n) is 5.25. The van der Waals surface area contributed by atoms with Crippen LogP contribution in [0.25, 0.3) is 0 Å². The van der Waals surface area contributed by atoms with E-state index in [1.54, 1.807) is 4.90 Å². The van der Waals surface area contributed by atoms with Crippen LogP contribution in [0.1, 0.15) is 24.4 Å². The predicted molar refractivity (Wildman–Crippen MR) is 83.3 cm³/mol. The Balaban J connectivity index is 0.00000264. The highest BCUT2D eigenvalue weighted by Gasteiger charge is 2.33. The minimum Gasteiger partial charge on any atom is -0.314 e. The molecule has 2 rings (SSSR count). The number of hydrogen-bond acceptors (Lipinski definition) is 2. The maximum atomic E-state index is 13.9.